The van der Waals surface area contributed by atoms with Crippen LogP contribution in [0.2, 0.25) is 5.02 Å². The van der Waals surface area contributed by atoms with E-state index in [-0.39, 0.29) is 16.5 Å². The smallest absolute Gasteiger partial charge is 0.243 e. The average Bonchev–Trinajstić information content (AvgIpc) is 3.26. The van der Waals surface area contributed by atoms with Crippen LogP contribution in [0.5, 0.6) is 5.75 Å². The Balaban J connectivity index is 1.98. The van der Waals surface area contributed by atoms with Crippen molar-refractivity contribution in [2.75, 3.05) is 7.11 Å². The van der Waals surface area contributed by atoms with Gasteiger partial charge in [0.05, 0.1) is 23.6 Å². The molecule has 0 saturated carbocycles. The van der Waals surface area contributed by atoms with Crippen LogP contribution in [0.1, 0.15) is 10.6 Å². The van der Waals surface area contributed by atoms with E-state index in [0.717, 1.165) is 10.6 Å². The summed E-state index contributed by atoms with van der Waals surface area (Å²) in [6, 6.07) is 12.2. The van der Waals surface area contributed by atoms with Gasteiger partial charge in [-0.3, -0.25) is 0 Å². The van der Waals surface area contributed by atoms with Crippen LogP contribution >= 0.6 is 22.9 Å². The summed E-state index contributed by atoms with van der Waals surface area (Å²) >= 11 is 7.67. The lowest BCUT2D eigenvalue weighted by molar-refractivity contribution is 0.395. The van der Waals surface area contributed by atoms with Gasteiger partial charge in [0.15, 0.2) is 0 Å². The van der Waals surface area contributed by atoms with Gasteiger partial charge >= 0.3 is 0 Å². The van der Waals surface area contributed by atoms with Crippen molar-refractivity contribution in [3.8, 4) is 5.75 Å². The van der Waals surface area contributed by atoms with E-state index in [0.29, 0.717) is 12.3 Å². The Morgan fingerprint density at radius 2 is 2.00 bits per heavy atom. The molecule has 2 aromatic heterocycles. The number of sulfonamides is 1. The molecule has 0 radical (unpaired) electrons. The van der Waals surface area contributed by atoms with Crippen LogP contribution in [0.4, 0.5) is 0 Å². The molecule has 0 aliphatic rings. The molecule has 2 heterocycles. The Bertz CT molecular complexity index is 982. The Labute approximate surface area is 162 Å². The highest BCUT2D eigenvalue weighted by Crippen LogP contribution is 2.30. The van der Waals surface area contributed by atoms with Gasteiger partial charge in [0, 0.05) is 30.4 Å². The standard InChI is InChI=1S/C18H19ClN2O3S2/c1-20-9-3-5-14(20)12-21(13-15-6-4-10-25-15)26(22,23)16-7-8-18(24-2)17(19)11-16/h3-11H,12-13H2,1-2H3. The molecule has 3 rings (SSSR count). The molecule has 138 valence electrons. The summed E-state index contributed by atoms with van der Waals surface area (Å²) in [7, 11) is -0.339. The van der Waals surface area contributed by atoms with Gasteiger partial charge in [0.2, 0.25) is 10.0 Å². The van der Waals surface area contributed by atoms with Crippen LogP contribution in [0.3, 0.4) is 0 Å². The van der Waals surface area contributed by atoms with Crippen molar-refractivity contribution >= 4 is 33.0 Å². The number of hydrogen-bond donors (Lipinski definition) is 0. The number of thiophene rings is 1. The summed E-state index contributed by atoms with van der Waals surface area (Å²) in [5.41, 5.74) is 0.907. The van der Waals surface area contributed by atoms with Crippen molar-refractivity contribution in [3.63, 3.8) is 0 Å². The van der Waals surface area contributed by atoms with E-state index in [2.05, 4.69) is 0 Å². The molecule has 1 aromatic carbocycles. The number of hydrogen-bond acceptors (Lipinski definition) is 4. The Morgan fingerprint density at radius 3 is 2.58 bits per heavy atom. The second-order valence-electron chi connectivity index (χ2n) is 5.76. The molecule has 8 heteroatoms. The van der Waals surface area contributed by atoms with E-state index in [4.69, 9.17) is 16.3 Å². The Kier molecular flexibility index (Phi) is 5.72. The van der Waals surface area contributed by atoms with Crippen LogP contribution in [0, 0.1) is 0 Å². The number of rotatable bonds is 7. The zero-order valence-corrected chi connectivity index (χ0v) is 16.8. The molecule has 0 aliphatic carbocycles. The molecule has 0 atom stereocenters. The molecule has 0 unspecified atom stereocenters. The van der Waals surface area contributed by atoms with Crippen molar-refractivity contribution in [1.82, 2.24) is 8.87 Å². The van der Waals surface area contributed by atoms with Gasteiger partial charge in [-0.2, -0.15) is 4.31 Å². The van der Waals surface area contributed by atoms with Gasteiger partial charge in [-0.15, -0.1) is 11.3 Å². The summed E-state index contributed by atoms with van der Waals surface area (Å²) < 4.78 is 35.0. The van der Waals surface area contributed by atoms with E-state index < -0.39 is 10.0 Å². The fraction of sp³-hybridized carbons (Fsp3) is 0.222. The van der Waals surface area contributed by atoms with Crippen LogP contribution < -0.4 is 4.74 Å². The van der Waals surface area contributed by atoms with E-state index >= 15 is 0 Å². The van der Waals surface area contributed by atoms with Gasteiger partial charge in [-0.05, 0) is 41.8 Å². The van der Waals surface area contributed by atoms with Crippen LogP contribution in [-0.4, -0.2) is 24.4 Å². The fourth-order valence-corrected chi connectivity index (χ4v) is 5.14. The Hall–Kier alpha value is -1.80. The molecular formula is C18H19ClN2O3S2. The molecule has 0 bridgehead atoms. The molecule has 0 N–H and O–H groups in total. The minimum absolute atomic E-state index is 0.147. The maximum absolute atomic E-state index is 13.3. The molecule has 0 saturated heterocycles. The van der Waals surface area contributed by atoms with Crippen LogP contribution in [-0.2, 0) is 30.2 Å². The third kappa shape index (κ3) is 3.96. The molecule has 5 nitrogen and oxygen atoms in total. The number of nitrogens with zero attached hydrogens (tertiary/aromatic N) is 2. The van der Waals surface area contributed by atoms with E-state index in [1.54, 1.807) is 6.07 Å². The van der Waals surface area contributed by atoms with Crippen LogP contribution in [0.15, 0.2) is 58.9 Å². The summed E-state index contributed by atoms with van der Waals surface area (Å²) in [5, 5.41) is 2.20. The monoisotopic (exact) mass is 410 g/mol. The predicted molar refractivity (Wildman–Crippen MR) is 104 cm³/mol. The second kappa shape index (κ2) is 7.84. The van der Waals surface area contributed by atoms with E-state index in [1.165, 1.54) is 34.9 Å². The summed E-state index contributed by atoms with van der Waals surface area (Å²) in [6.45, 7) is 0.572. The zero-order chi connectivity index (χ0) is 18.7. The first-order valence-electron chi connectivity index (χ1n) is 7.88. The third-order valence-corrected chi connectivity index (χ3v) is 7.01. The second-order valence-corrected chi connectivity index (χ2v) is 9.14. The molecule has 0 aliphatic heterocycles. The highest BCUT2D eigenvalue weighted by Gasteiger charge is 2.26. The van der Waals surface area contributed by atoms with Gasteiger partial charge in [0.1, 0.15) is 5.75 Å². The van der Waals surface area contributed by atoms with Crippen molar-refractivity contribution in [3.05, 3.63) is 69.6 Å². The maximum Gasteiger partial charge on any atom is 0.243 e. The quantitative estimate of drug-likeness (QED) is 0.588. The molecular weight excluding hydrogens is 392 g/mol. The first-order valence-corrected chi connectivity index (χ1v) is 10.6. The summed E-state index contributed by atoms with van der Waals surface area (Å²) in [5.74, 6) is 0.442. The predicted octanol–water partition coefficient (Wildman–Crippen LogP) is 4.14. The van der Waals surface area contributed by atoms with Crippen molar-refractivity contribution < 1.29 is 13.2 Å². The van der Waals surface area contributed by atoms with Gasteiger partial charge in [-0.25, -0.2) is 8.42 Å². The van der Waals surface area contributed by atoms with Crippen molar-refractivity contribution in [2.45, 2.75) is 18.0 Å². The lowest BCUT2D eigenvalue weighted by Crippen LogP contribution is -2.30. The minimum atomic E-state index is -3.73. The fourth-order valence-electron chi connectivity index (χ4n) is 2.60. The van der Waals surface area contributed by atoms with Crippen molar-refractivity contribution in [2.24, 2.45) is 7.05 Å². The zero-order valence-electron chi connectivity index (χ0n) is 14.4. The highest BCUT2D eigenvalue weighted by atomic mass is 35.5. The number of benzene rings is 1. The molecule has 3 aromatic rings. The maximum atomic E-state index is 13.3. The lowest BCUT2D eigenvalue weighted by atomic mass is 10.3. The minimum Gasteiger partial charge on any atom is -0.495 e. The molecule has 0 amide bonds. The number of aromatic nitrogens is 1. The molecule has 0 fully saturated rings. The first-order chi connectivity index (χ1) is 12.4. The largest absolute Gasteiger partial charge is 0.495 e. The van der Waals surface area contributed by atoms with Gasteiger partial charge < -0.3 is 9.30 Å². The lowest BCUT2D eigenvalue weighted by Gasteiger charge is -2.22. The van der Waals surface area contributed by atoms with E-state index in [1.807, 2.05) is 47.5 Å². The SMILES string of the molecule is COc1ccc(S(=O)(=O)N(Cc2cccs2)Cc2cccn2C)cc1Cl. The number of ether oxygens (including phenoxy) is 1. The average molecular weight is 411 g/mol. The topological polar surface area (TPSA) is 51.5 Å². The van der Waals surface area contributed by atoms with Gasteiger partial charge in [-0.1, -0.05) is 17.7 Å². The number of aryl methyl sites for hydroxylation is 1. The van der Waals surface area contributed by atoms with E-state index in [9.17, 15) is 8.42 Å². The van der Waals surface area contributed by atoms with Gasteiger partial charge in [0.25, 0.3) is 0 Å². The normalized spacial score (nSPS) is 11.8. The van der Waals surface area contributed by atoms with Crippen LogP contribution in [0.25, 0.3) is 0 Å². The Morgan fingerprint density at radius 1 is 1.19 bits per heavy atom. The number of methoxy groups -OCH3 is 1. The molecule has 26 heavy (non-hydrogen) atoms. The number of halogens is 1. The molecule has 0 spiro atoms. The summed E-state index contributed by atoms with van der Waals surface area (Å²) in [6.07, 6.45) is 1.90. The highest BCUT2D eigenvalue weighted by molar-refractivity contribution is 7.89. The third-order valence-electron chi connectivity index (χ3n) is 4.06. The van der Waals surface area contributed by atoms with Crippen molar-refractivity contribution in [1.29, 1.82) is 0 Å². The summed E-state index contributed by atoms with van der Waals surface area (Å²) in [4.78, 5) is 1.12. The first kappa shape index (κ1) is 19.0.